The van der Waals surface area contributed by atoms with Crippen LogP contribution in [0.25, 0.3) is 0 Å². The van der Waals surface area contributed by atoms with Crippen LogP contribution in [-0.4, -0.2) is 11.8 Å². The normalized spacial score (nSPS) is 32.2. The molecule has 2 heteroatoms. The minimum Gasteiger partial charge on any atom is -0.261 e. The Labute approximate surface area is 131 Å². The Kier molecular flexibility index (Phi) is 2.66. The van der Waals surface area contributed by atoms with Crippen molar-refractivity contribution in [2.75, 3.05) is 5.01 Å². The molecule has 0 spiro atoms. The van der Waals surface area contributed by atoms with Crippen molar-refractivity contribution in [1.29, 1.82) is 0 Å². The molecule has 0 aromatic heterocycles. The van der Waals surface area contributed by atoms with Gasteiger partial charge in [0.25, 0.3) is 0 Å². The monoisotopic (exact) mass is 288 g/mol. The molecule has 0 radical (unpaired) electrons. The summed E-state index contributed by atoms with van der Waals surface area (Å²) in [6.07, 6.45) is 4.16. The first kappa shape index (κ1) is 12.5. The van der Waals surface area contributed by atoms with E-state index in [-0.39, 0.29) is 0 Å². The van der Waals surface area contributed by atoms with Gasteiger partial charge >= 0.3 is 0 Å². The molecule has 2 saturated carbocycles. The molecule has 2 aromatic rings. The highest BCUT2D eigenvalue weighted by molar-refractivity contribution is 6.05. The van der Waals surface area contributed by atoms with Crippen molar-refractivity contribution in [3.05, 3.63) is 66.2 Å². The van der Waals surface area contributed by atoms with Gasteiger partial charge in [0.2, 0.25) is 0 Å². The van der Waals surface area contributed by atoms with E-state index in [9.17, 15) is 0 Å². The quantitative estimate of drug-likeness (QED) is 0.803. The van der Waals surface area contributed by atoms with Crippen LogP contribution in [0.3, 0.4) is 0 Å². The van der Waals surface area contributed by atoms with Crippen LogP contribution in [0, 0.1) is 17.8 Å². The zero-order chi connectivity index (χ0) is 14.5. The number of hydrogen-bond donors (Lipinski definition) is 0. The number of para-hydroxylation sites is 1. The van der Waals surface area contributed by atoms with Gasteiger partial charge in [-0.05, 0) is 48.8 Å². The first-order valence-corrected chi connectivity index (χ1v) is 8.40. The van der Waals surface area contributed by atoms with Crippen molar-refractivity contribution >= 4 is 11.4 Å². The highest BCUT2D eigenvalue weighted by Crippen LogP contribution is 2.54. The van der Waals surface area contributed by atoms with Gasteiger partial charge < -0.3 is 0 Å². The van der Waals surface area contributed by atoms with E-state index < -0.39 is 0 Å². The second-order valence-electron chi connectivity index (χ2n) is 6.88. The molecule has 3 aliphatic rings. The molecule has 2 nitrogen and oxygen atoms in total. The molecule has 22 heavy (non-hydrogen) atoms. The zero-order valence-electron chi connectivity index (χ0n) is 12.6. The molecule has 4 atom stereocenters. The maximum Gasteiger partial charge on any atom is 0.0737 e. The van der Waals surface area contributed by atoms with E-state index in [0.29, 0.717) is 12.0 Å². The topological polar surface area (TPSA) is 15.6 Å². The van der Waals surface area contributed by atoms with E-state index in [4.69, 9.17) is 5.10 Å². The molecule has 2 aromatic carbocycles. The fraction of sp³-hybridized carbons (Fsp3) is 0.350. The summed E-state index contributed by atoms with van der Waals surface area (Å²) in [4.78, 5) is 0. The molecule has 0 unspecified atom stereocenters. The summed E-state index contributed by atoms with van der Waals surface area (Å²) >= 11 is 0. The van der Waals surface area contributed by atoms with Crippen molar-refractivity contribution in [3.8, 4) is 0 Å². The number of nitrogens with zero attached hydrogens (tertiary/aromatic N) is 2. The fourth-order valence-electron chi connectivity index (χ4n) is 4.92. The van der Waals surface area contributed by atoms with Gasteiger partial charge in [-0.3, -0.25) is 5.01 Å². The summed E-state index contributed by atoms with van der Waals surface area (Å²) in [5.41, 5.74) is 3.88. The summed E-state index contributed by atoms with van der Waals surface area (Å²) in [6, 6.07) is 22.1. The summed E-state index contributed by atoms with van der Waals surface area (Å²) < 4.78 is 0. The Hall–Kier alpha value is -2.09. The van der Waals surface area contributed by atoms with E-state index in [0.717, 1.165) is 11.8 Å². The number of fused-ring (bicyclic) bond motifs is 5. The number of rotatable bonds is 2. The van der Waals surface area contributed by atoms with Crippen molar-refractivity contribution < 1.29 is 0 Å². The van der Waals surface area contributed by atoms with Crippen LogP contribution in [0.5, 0.6) is 0 Å². The predicted octanol–water partition coefficient (Wildman–Crippen LogP) is 4.33. The smallest absolute Gasteiger partial charge is 0.0737 e. The Morgan fingerprint density at radius 2 is 1.50 bits per heavy atom. The average Bonchev–Trinajstić information content (AvgIpc) is 3.29. The lowest BCUT2D eigenvalue weighted by atomic mass is 9.80. The van der Waals surface area contributed by atoms with Gasteiger partial charge in [-0.25, -0.2) is 0 Å². The van der Waals surface area contributed by atoms with Gasteiger partial charge in [0.1, 0.15) is 0 Å². The number of anilines is 1. The molecule has 0 amide bonds. The minimum atomic E-state index is 0.580. The molecule has 2 bridgehead atoms. The maximum atomic E-state index is 5.10. The standard InChI is InChI=1S/C20H20N2/c1-3-7-14(8-4-1)19-18-15-11-12-16(13-15)20(18)22(21-19)17-9-5-2-6-10-17/h1-10,15-16,18,20H,11-13H2/t15-,16-,18-,20+/m0/s1. The first-order valence-electron chi connectivity index (χ1n) is 8.40. The van der Waals surface area contributed by atoms with Crippen molar-refractivity contribution in [3.63, 3.8) is 0 Å². The highest BCUT2D eigenvalue weighted by Gasteiger charge is 2.55. The van der Waals surface area contributed by atoms with E-state index in [1.54, 1.807) is 0 Å². The van der Waals surface area contributed by atoms with Crippen LogP contribution in [0.15, 0.2) is 65.8 Å². The van der Waals surface area contributed by atoms with Gasteiger partial charge in [-0.2, -0.15) is 5.10 Å². The van der Waals surface area contributed by atoms with Gasteiger partial charge in [-0.1, -0.05) is 48.5 Å². The third-order valence-electron chi connectivity index (χ3n) is 5.78. The molecule has 5 rings (SSSR count). The van der Waals surface area contributed by atoms with Gasteiger partial charge in [-0.15, -0.1) is 0 Å². The van der Waals surface area contributed by atoms with Crippen LogP contribution in [0.1, 0.15) is 24.8 Å². The zero-order valence-corrected chi connectivity index (χ0v) is 12.6. The lowest BCUT2D eigenvalue weighted by Crippen LogP contribution is -2.38. The van der Waals surface area contributed by atoms with Crippen molar-refractivity contribution in [2.24, 2.45) is 22.9 Å². The van der Waals surface area contributed by atoms with Crippen LogP contribution >= 0.6 is 0 Å². The van der Waals surface area contributed by atoms with E-state index >= 15 is 0 Å². The Morgan fingerprint density at radius 1 is 0.818 bits per heavy atom. The Morgan fingerprint density at radius 3 is 2.27 bits per heavy atom. The van der Waals surface area contributed by atoms with Gasteiger partial charge in [0.05, 0.1) is 17.4 Å². The van der Waals surface area contributed by atoms with Gasteiger partial charge in [0, 0.05) is 5.92 Å². The minimum absolute atomic E-state index is 0.580. The van der Waals surface area contributed by atoms with E-state index in [1.807, 2.05) is 0 Å². The predicted molar refractivity (Wildman–Crippen MR) is 90.0 cm³/mol. The highest BCUT2D eigenvalue weighted by atomic mass is 15.5. The van der Waals surface area contributed by atoms with Crippen LogP contribution in [0.4, 0.5) is 5.69 Å². The molecule has 0 saturated heterocycles. The summed E-state index contributed by atoms with van der Waals surface area (Å²) in [5.74, 6) is 2.28. The molecule has 2 aliphatic carbocycles. The molecule has 1 heterocycles. The third kappa shape index (κ3) is 1.70. The third-order valence-corrected chi connectivity index (χ3v) is 5.78. The molecule has 0 N–H and O–H groups in total. The molecule has 2 fully saturated rings. The van der Waals surface area contributed by atoms with Crippen molar-refractivity contribution in [2.45, 2.75) is 25.3 Å². The number of hydrazone groups is 1. The number of benzene rings is 2. The average molecular weight is 288 g/mol. The Bertz CT molecular complexity index is 707. The lowest BCUT2D eigenvalue weighted by molar-refractivity contribution is 0.364. The Balaban J connectivity index is 1.62. The number of hydrogen-bond acceptors (Lipinski definition) is 2. The summed E-state index contributed by atoms with van der Waals surface area (Å²) in [6.45, 7) is 0. The van der Waals surface area contributed by atoms with Crippen LogP contribution in [-0.2, 0) is 0 Å². The van der Waals surface area contributed by atoms with Crippen molar-refractivity contribution in [1.82, 2.24) is 0 Å². The van der Waals surface area contributed by atoms with E-state index in [2.05, 4.69) is 65.7 Å². The maximum absolute atomic E-state index is 5.10. The lowest BCUT2D eigenvalue weighted by Gasteiger charge is -2.31. The SMILES string of the molecule is c1ccc(C2=NN(c3ccccc3)[C@@H]3[C@H]4CC[C@@H](C4)[C@@H]23)cc1. The van der Waals surface area contributed by atoms with Crippen LogP contribution in [0.2, 0.25) is 0 Å². The summed E-state index contributed by atoms with van der Waals surface area (Å²) in [5, 5.41) is 7.43. The second kappa shape index (κ2) is 4.70. The largest absolute Gasteiger partial charge is 0.261 e. The fourth-order valence-corrected chi connectivity index (χ4v) is 4.92. The molecular formula is C20H20N2. The summed E-state index contributed by atoms with van der Waals surface area (Å²) in [7, 11) is 0. The van der Waals surface area contributed by atoms with Crippen LogP contribution < -0.4 is 5.01 Å². The molecule has 110 valence electrons. The second-order valence-corrected chi connectivity index (χ2v) is 6.88. The van der Waals surface area contributed by atoms with Gasteiger partial charge in [0.15, 0.2) is 0 Å². The first-order chi connectivity index (χ1) is 10.9. The molecule has 1 aliphatic heterocycles. The molecular weight excluding hydrogens is 268 g/mol. The van der Waals surface area contributed by atoms with E-state index in [1.165, 1.54) is 36.2 Å².